The van der Waals surface area contributed by atoms with Crippen molar-refractivity contribution < 1.29 is 5.11 Å². The molecule has 0 fully saturated rings. The summed E-state index contributed by atoms with van der Waals surface area (Å²) >= 11 is 3.25. The van der Waals surface area contributed by atoms with Crippen molar-refractivity contribution in [3.05, 3.63) is 22.7 Å². The fourth-order valence-electron chi connectivity index (χ4n) is 1.10. The zero-order valence-corrected chi connectivity index (χ0v) is 7.91. The van der Waals surface area contributed by atoms with Crippen molar-refractivity contribution in [1.29, 1.82) is 0 Å². The van der Waals surface area contributed by atoms with Crippen molar-refractivity contribution in [3.8, 4) is 5.88 Å². The summed E-state index contributed by atoms with van der Waals surface area (Å²) in [5, 5.41) is 9.10. The van der Waals surface area contributed by atoms with E-state index in [4.69, 9.17) is 5.11 Å². The first-order chi connectivity index (χ1) is 5.66. The van der Waals surface area contributed by atoms with Crippen molar-refractivity contribution in [1.82, 2.24) is 14.4 Å². The van der Waals surface area contributed by atoms with E-state index >= 15 is 0 Å². The molecule has 0 saturated carbocycles. The number of imidazole rings is 1. The molecule has 2 aromatic heterocycles. The summed E-state index contributed by atoms with van der Waals surface area (Å²) < 4.78 is 2.45. The molecule has 0 aliphatic rings. The van der Waals surface area contributed by atoms with Gasteiger partial charge in [-0.3, -0.25) is 4.40 Å². The van der Waals surface area contributed by atoms with Gasteiger partial charge in [0.2, 0.25) is 5.88 Å². The number of aromatic nitrogens is 3. The van der Waals surface area contributed by atoms with Crippen LogP contribution in [-0.2, 0) is 0 Å². The van der Waals surface area contributed by atoms with Gasteiger partial charge in [-0.25, -0.2) is 4.98 Å². The molecular formula is C7H6BrN3O. The van der Waals surface area contributed by atoms with Crippen LogP contribution in [0.2, 0.25) is 0 Å². The highest BCUT2D eigenvalue weighted by atomic mass is 79.9. The minimum atomic E-state index is 0.0120. The van der Waals surface area contributed by atoms with Crippen LogP contribution in [0, 0.1) is 6.92 Å². The first-order valence-electron chi connectivity index (χ1n) is 3.37. The van der Waals surface area contributed by atoms with Gasteiger partial charge in [0.25, 0.3) is 0 Å². The summed E-state index contributed by atoms with van der Waals surface area (Å²) in [5.41, 5.74) is 1.46. The maximum Gasteiger partial charge on any atom is 0.230 e. The average Bonchev–Trinajstić information content (AvgIpc) is 2.29. The first-order valence-corrected chi connectivity index (χ1v) is 4.17. The van der Waals surface area contributed by atoms with Crippen LogP contribution in [0.4, 0.5) is 0 Å². The molecular weight excluding hydrogens is 222 g/mol. The Morgan fingerprint density at radius 3 is 2.92 bits per heavy atom. The number of aromatic hydroxyl groups is 1. The van der Waals surface area contributed by atoms with Crippen LogP contribution in [0.5, 0.6) is 5.88 Å². The predicted octanol–water partition coefficient (Wildman–Crippen LogP) is 1.51. The van der Waals surface area contributed by atoms with Gasteiger partial charge in [0, 0.05) is 6.20 Å². The van der Waals surface area contributed by atoms with Crippen molar-refractivity contribution in [3.63, 3.8) is 0 Å². The maximum absolute atomic E-state index is 9.10. The molecule has 0 bridgehead atoms. The van der Waals surface area contributed by atoms with Crippen LogP contribution in [0.15, 0.2) is 17.0 Å². The van der Waals surface area contributed by atoms with Gasteiger partial charge >= 0.3 is 0 Å². The van der Waals surface area contributed by atoms with Crippen LogP contribution >= 0.6 is 15.9 Å². The van der Waals surface area contributed by atoms with Gasteiger partial charge in [-0.05, 0) is 22.9 Å². The molecule has 2 heterocycles. The Kier molecular flexibility index (Phi) is 1.54. The van der Waals surface area contributed by atoms with Crippen molar-refractivity contribution >= 4 is 21.6 Å². The highest BCUT2D eigenvalue weighted by molar-refractivity contribution is 9.10. The molecule has 5 heteroatoms. The molecule has 0 aliphatic carbocycles. The van der Waals surface area contributed by atoms with E-state index in [9.17, 15) is 0 Å². The summed E-state index contributed by atoms with van der Waals surface area (Å²) in [6.45, 7) is 1.84. The molecule has 2 rings (SSSR count). The summed E-state index contributed by atoms with van der Waals surface area (Å²) in [4.78, 5) is 8.03. The van der Waals surface area contributed by atoms with E-state index in [1.54, 1.807) is 10.6 Å². The van der Waals surface area contributed by atoms with Crippen LogP contribution in [0.3, 0.4) is 0 Å². The summed E-state index contributed by atoms with van der Waals surface area (Å²) in [6, 6.07) is 0. The van der Waals surface area contributed by atoms with E-state index in [0.717, 1.165) is 10.3 Å². The number of hydrogen-bond acceptors (Lipinski definition) is 3. The molecule has 0 spiro atoms. The van der Waals surface area contributed by atoms with E-state index in [1.165, 1.54) is 6.20 Å². The molecule has 0 aliphatic heterocycles. The van der Waals surface area contributed by atoms with Crippen LogP contribution in [0.1, 0.15) is 5.69 Å². The molecule has 1 N–H and O–H groups in total. The zero-order chi connectivity index (χ0) is 8.72. The number of aryl methyl sites for hydroxylation is 1. The van der Waals surface area contributed by atoms with Gasteiger partial charge in [-0.2, -0.15) is 4.98 Å². The largest absolute Gasteiger partial charge is 0.492 e. The van der Waals surface area contributed by atoms with Gasteiger partial charge in [0.15, 0.2) is 5.65 Å². The number of halogens is 1. The lowest BCUT2D eigenvalue weighted by molar-refractivity contribution is 0.457. The Labute approximate surface area is 77.0 Å². The van der Waals surface area contributed by atoms with E-state index in [1.807, 2.05) is 6.92 Å². The predicted molar refractivity (Wildman–Crippen MR) is 47.1 cm³/mol. The molecule has 0 radical (unpaired) electrons. The Morgan fingerprint density at radius 1 is 1.42 bits per heavy atom. The number of rotatable bonds is 0. The standard InChI is InChI=1S/C7H6BrN3O/c1-4-7-10-6(12)3-11(7)2-5(8)9-4/h2-3,12H,1H3. The van der Waals surface area contributed by atoms with E-state index in [2.05, 4.69) is 25.9 Å². The van der Waals surface area contributed by atoms with Gasteiger partial charge < -0.3 is 5.11 Å². The van der Waals surface area contributed by atoms with E-state index in [-0.39, 0.29) is 5.88 Å². The third kappa shape index (κ3) is 1.06. The molecule has 12 heavy (non-hydrogen) atoms. The molecule has 4 nitrogen and oxygen atoms in total. The monoisotopic (exact) mass is 227 g/mol. The van der Waals surface area contributed by atoms with Crippen molar-refractivity contribution in [2.24, 2.45) is 0 Å². The molecule has 62 valence electrons. The van der Waals surface area contributed by atoms with Gasteiger partial charge in [0.1, 0.15) is 4.60 Å². The van der Waals surface area contributed by atoms with Gasteiger partial charge in [-0.15, -0.1) is 0 Å². The van der Waals surface area contributed by atoms with E-state index < -0.39 is 0 Å². The quantitative estimate of drug-likeness (QED) is 0.743. The minimum absolute atomic E-state index is 0.0120. The number of fused-ring (bicyclic) bond motifs is 1. The Bertz CT molecular complexity index is 437. The Morgan fingerprint density at radius 2 is 2.17 bits per heavy atom. The lowest BCUT2D eigenvalue weighted by Gasteiger charge is -1.96. The van der Waals surface area contributed by atoms with Crippen molar-refractivity contribution in [2.75, 3.05) is 0 Å². The highest BCUT2D eigenvalue weighted by Gasteiger charge is 2.04. The Balaban J connectivity index is 2.88. The molecule has 0 amide bonds. The fraction of sp³-hybridized carbons (Fsp3) is 0.143. The maximum atomic E-state index is 9.10. The molecule has 0 saturated heterocycles. The second kappa shape index (κ2) is 2.45. The second-order valence-electron chi connectivity index (χ2n) is 2.48. The van der Waals surface area contributed by atoms with Gasteiger partial charge in [-0.1, -0.05) is 0 Å². The van der Waals surface area contributed by atoms with Crippen LogP contribution in [0.25, 0.3) is 5.65 Å². The third-order valence-electron chi connectivity index (χ3n) is 1.56. The topological polar surface area (TPSA) is 50.4 Å². The van der Waals surface area contributed by atoms with Gasteiger partial charge in [0.05, 0.1) is 11.9 Å². The molecule has 0 aromatic carbocycles. The Hall–Kier alpha value is -1.10. The fourth-order valence-corrected chi connectivity index (χ4v) is 1.59. The second-order valence-corrected chi connectivity index (χ2v) is 3.29. The lowest BCUT2D eigenvalue weighted by Crippen LogP contribution is -1.91. The van der Waals surface area contributed by atoms with E-state index in [0.29, 0.717) is 5.65 Å². The number of nitrogens with zero attached hydrogens (tertiary/aromatic N) is 3. The average molecular weight is 228 g/mol. The summed E-state index contributed by atoms with van der Waals surface area (Å²) in [6.07, 6.45) is 3.28. The third-order valence-corrected chi connectivity index (χ3v) is 1.95. The SMILES string of the molecule is Cc1nc(Br)cn2cc(O)nc12. The van der Waals surface area contributed by atoms with Crippen molar-refractivity contribution in [2.45, 2.75) is 6.92 Å². The molecule has 0 atom stereocenters. The smallest absolute Gasteiger partial charge is 0.230 e. The zero-order valence-electron chi connectivity index (χ0n) is 6.32. The summed E-state index contributed by atoms with van der Waals surface area (Å²) in [5.74, 6) is 0.0120. The van der Waals surface area contributed by atoms with Crippen LogP contribution < -0.4 is 0 Å². The molecule has 0 unspecified atom stereocenters. The minimum Gasteiger partial charge on any atom is -0.492 e. The lowest BCUT2D eigenvalue weighted by atomic mass is 10.5. The molecule has 2 aromatic rings. The number of hydrogen-bond donors (Lipinski definition) is 1. The normalized spacial score (nSPS) is 10.8. The van der Waals surface area contributed by atoms with Crippen LogP contribution in [-0.4, -0.2) is 19.5 Å². The summed E-state index contributed by atoms with van der Waals surface area (Å²) in [7, 11) is 0. The first kappa shape index (κ1) is 7.54. The highest BCUT2D eigenvalue weighted by Crippen LogP contribution is 2.15.